The van der Waals surface area contributed by atoms with Gasteiger partial charge in [-0.15, -0.1) is 0 Å². The van der Waals surface area contributed by atoms with Gasteiger partial charge in [0.15, 0.2) is 5.16 Å². The average molecular weight is 298 g/mol. The maximum atomic E-state index is 11.0. The van der Waals surface area contributed by atoms with Crippen LogP contribution in [0.15, 0.2) is 47.9 Å². The highest BCUT2D eigenvalue weighted by molar-refractivity contribution is 7.98. The molecule has 0 aliphatic rings. The summed E-state index contributed by atoms with van der Waals surface area (Å²) in [6, 6.07) is 9.70. The van der Waals surface area contributed by atoms with Crippen LogP contribution < -0.4 is 5.32 Å². The van der Waals surface area contributed by atoms with E-state index in [4.69, 9.17) is 0 Å². The smallest absolute Gasteiger partial charge is 0.221 e. The molecule has 1 aromatic carbocycles. The Balaban J connectivity index is 1.65. The Hall–Kier alpha value is -2.34. The Labute approximate surface area is 126 Å². The highest BCUT2D eigenvalue weighted by Gasteiger charge is 2.04. The summed E-state index contributed by atoms with van der Waals surface area (Å²) in [7, 11) is 0. The highest BCUT2D eigenvalue weighted by Crippen LogP contribution is 2.23. The lowest BCUT2D eigenvalue weighted by atomic mass is 10.2. The van der Waals surface area contributed by atoms with Crippen molar-refractivity contribution in [2.24, 2.45) is 0 Å². The topological polar surface area (TPSA) is 70.7 Å². The lowest BCUT2D eigenvalue weighted by Crippen LogP contribution is -2.05. The van der Waals surface area contributed by atoms with E-state index in [1.54, 1.807) is 24.2 Å². The van der Waals surface area contributed by atoms with Crippen LogP contribution in [0.4, 0.5) is 5.69 Å². The van der Waals surface area contributed by atoms with Gasteiger partial charge in [-0.1, -0.05) is 23.9 Å². The number of nitrogens with zero attached hydrogens (tertiary/aromatic N) is 2. The summed E-state index contributed by atoms with van der Waals surface area (Å²) in [6.45, 7) is 1.50. The van der Waals surface area contributed by atoms with Gasteiger partial charge in [-0.05, 0) is 23.8 Å². The zero-order valence-corrected chi connectivity index (χ0v) is 12.3. The first-order valence-electron chi connectivity index (χ1n) is 6.50. The standard InChI is InChI=1S/C15H14N4OS/c1-10(20)17-12-4-2-11(3-5-12)9-21-15-18-13-6-7-16-8-14(13)19-15/h2-8H,9H2,1H3,(H,17,20)(H,18,19). The number of benzene rings is 1. The van der Waals surface area contributed by atoms with Gasteiger partial charge in [-0.2, -0.15) is 0 Å². The third kappa shape index (κ3) is 3.41. The van der Waals surface area contributed by atoms with Crippen molar-refractivity contribution < 1.29 is 4.79 Å². The third-order valence-electron chi connectivity index (χ3n) is 2.91. The van der Waals surface area contributed by atoms with Crippen molar-refractivity contribution in [3.63, 3.8) is 0 Å². The third-order valence-corrected chi connectivity index (χ3v) is 3.86. The maximum Gasteiger partial charge on any atom is 0.221 e. The zero-order valence-electron chi connectivity index (χ0n) is 11.5. The van der Waals surface area contributed by atoms with E-state index < -0.39 is 0 Å². The van der Waals surface area contributed by atoms with E-state index in [0.29, 0.717) is 0 Å². The molecule has 0 aliphatic heterocycles. The largest absolute Gasteiger partial charge is 0.332 e. The van der Waals surface area contributed by atoms with E-state index in [1.807, 2.05) is 30.3 Å². The molecule has 0 saturated heterocycles. The Bertz CT molecular complexity index is 734. The highest BCUT2D eigenvalue weighted by atomic mass is 32.2. The molecule has 106 valence electrons. The monoisotopic (exact) mass is 298 g/mol. The fraction of sp³-hybridized carbons (Fsp3) is 0.133. The molecule has 21 heavy (non-hydrogen) atoms. The van der Waals surface area contributed by atoms with Crippen molar-refractivity contribution in [2.45, 2.75) is 17.8 Å². The van der Waals surface area contributed by atoms with Crippen molar-refractivity contribution in [2.75, 3.05) is 5.32 Å². The van der Waals surface area contributed by atoms with Crippen LogP contribution in [0.1, 0.15) is 12.5 Å². The van der Waals surface area contributed by atoms with Gasteiger partial charge in [0.05, 0.1) is 17.2 Å². The second-order valence-corrected chi connectivity index (χ2v) is 5.57. The van der Waals surface area contributed by atoms with Crippen LogP contribution in [0, 0.1) is 0 Å². The van der Waals surface area contributed by atoms with Gasteiger partial charge in [-0.25, -0.2) is 4.98 Å². The molecular weight excluding hydrogens is 284 g/mol. The number of hydrogen-bond donors (Lipinski definition) is 2. The van der Waals surface area contributed by atoms with E-state index in [-0.39, 0.29) is 5.91 Å². The van der Waals surface area contributed by atoms with Gasteiger partial charge in [0.1, 0.15) is 0 Å². The molecule has 0 bridgehead atoms. The first-order chi connectivity index (χ1) is 10.2. The minimum absolute atomic E-state index is 0.0620. The van der Waals surface area contributed by atoms with Gasteiger partial charge < -0.3 is 10.3 Å². The fourth-order valence-corrected chi connectivity index (χ4v) is 2.78. The van der Waals surface area contributed by atoms with E-state index in [1.165, 1.54) is 12.5 Å². The van der Waals surface area contributed by atoms with Crippen LogP contribution in [0.2, 0.25) is 0 Å². The minimum Gasteiger partial charge on any atom is -0.332 e. The first kappa shape index (κ1) is 13.6. The lowest BCUT2D eigenvalue weighted by molar-refractivity contribution is -0.114. The normalized spacial score (nSPS) is 10.7. The number of rotatable bonds is 4. The quantitative estimate of drug-likeness (QED) is 0.726. The molecule has 2 aromatic heterocycles. The SMILES string of the molecule is CC(=O)Nc1ccc(CSc2nc3ccncc3[nH]2)cc1. The fourth-order valence-electron chi connectivity index (χ4n) is 1.94. The van der Waals surface area contributed by atoms with Gasteiger partial charge in [0.2, 0.25) is 5.91 Å². The van der Waals surface area contributed by atoms with Gasteiger partial charge in [-0.3, -0.25) is 9.78 Å². The summed E-state index contributed by atoms with van der Waals surface area (Å²) in [4.78, 5) is 22.8. The summed E-state index contributed by atoms with van der Waals surface area (Å²) in [6.07, 6.45) is 3.51. The lowest BCUT2D eigenvalue weighted by Gasteiger charge is -2.03. The molecular formula is C15H14N4OS. The number of anilines is 1. The van der Waals surface area contributed by atoms with Crippen LogP contribution in [0.5, 0.6) is 0 Å². The Kier molecular flexibility index (Phi) is 3.87. The van der Waals surface area contributed by atoms with Gasteiger partial charge in [0.25, 0.3) is 0 Å². The summed E-state index contributed by atoms with van der Waals surface area (Å²) < 4.78 is 0. The van der Waals surface area contributed by atoms with E-state index in [0.717, 1.165) is 27.6 Å². The molecule has 0 atom stereocenters. The summed E-state index contributed by atoms with van der Waals surface area (Å²) >= 11 is 1.64. The van der Waals surface area contributed by atoms with Crippen LogP contribution in [0.25, 0.3) is 11.0 Å². The number of fused-ring (bicyclic) bond motifs is 1. The van der Waals surface area contributed by atoms with Crippen LogP contribution in [-0.2, 0) is 10.5 Å². The van der Waals surface area contributed by atoms with Crippen molar-refractivity contribution in [3.8, 4) is 0 Å². The van der Waals surface area contributed by atoms with Crippen molar-refractivity contribution in [1.82, 2.24) is 15.0 Å². The Morgan fingerprint density at radius 2 is 2.10 bits per heavy atom. The molecule has 0 unspecified atom stereocenters. The second-order valence-electron chi connectivity index (χ2n) is 4.60. The van der Waals surface area contributed by atoms with Crippen molar-refractivity contribution in [3.05, 3.63) is 48.3 Å². The molecule has 5 nitrogen and oxygen atoms in total. The summed E-state index contributed by atoms with van der Waals surface area (Å²) in [5.74, 6) is 0.751. The van der Waals surface area contributed by atoms with Crippen LogP contribution in [-0.4, -0.2) is 20.9 Å². The number of thioether (sulfide) groups is 1. The Morgan fingerprint density at radius 3 is 2.81 bits per heavy atom. The number of aromatic nitrogens is 3. The molecule has 2 N–H and O–H groups in total. The van der Waals surface area contributed by atoms with Gasteiger partial charge >= 0.3 is 0 Å². The number of amides is 1. The molecule has 0 aliphatic carbocycles. The molecule has 0 saturated carbocycles. The number of carbonyl (C=O) groups is 1. The minimum atomic E-state index is -0.0620. The second kappa shape index (κ2) is 5.97. The Morgan fingerprint density at radius 1 is 1.29 bits per heavy atom. The predicted octanol–water partition coefficient (Wildman–Crippen LogP) is 3.21. The molecule has 0 spiro atoms. The van der Waals surface area contributed by atoms with E-state index in [9.17, 15) is 4.79 Å². The molecule has 3 aromatic rings. The zero-order chi connectivity index (χ0) is 14.7. The predicted molar refractivity (Wildman–Crippen MR) is 84.2 cm³/mol. The molecule has 6 heteroatoms. The first-order valence-corrected chi connectivity index (χ1v) is 7.48. The number of aromatic amines is 1. The molecule has 1 amide bonds. The summed E-state index contributed by atoms with van der Waals surface area (Å²) in [5.41, 5.74) is 3.85. The summed E-state index contributed by atoms with van der Waals surface area (Å²) in [5, 5.41) is 3.63. The number of H-pyrrole nitrogens is 1. The molecule has 3 rings (SSSR count). The number of nitrogens with one attached hydrogen (secondary N) is 2. The van der Waals surface area contributed by atoms with E-state index in [2.05, 4.69) is 20.3 Å². The van der Waals surface area contributed by atoms with E-state index >= 15 is 0 Å². The van der Waals surface area contributed by atoms with Crippen molar-refractivity contribution in [1.29, 1.82) is 0 Å². The number of imidazole rings is 1. The average Bonchev–Trinajstić information content (AvgIpc) is 2.89. The number of pyridine rings is 1. The van der Waals surface area contributed by atoms with Crippen LogP contribution in [0.3, 0.4) is 0 Å². The molecule has 0 radical (unpaired) electrons. The molecule has 0 fully saturated rings. The molecule has 2 heterocycles. The number of carbonyl (C=O) groups excluding carboxylic acids is 1. The van der Waals surface area contributed by atoms with Crippen molar-refractivity contribution >= 4 is 34.4 Å². The van der Waals surface area contributed by atoms with Gasteiger partial charge in [0, 0.05) is 24.6 Å². The van der Waals surface area contributed by atoms with Crippen LogP contribution >= 0.6 is 11.8 Å². The number of hydrogen-bond acceptors (Lipinski definition) is 4. The maximum absolute atomic E-state index is 11.0.